The summed E-state index contributed by atoms with van der Waals surface area (Å²) in [6.45, 7) is 2.22. The smallest absolute Gasteiger partial charge is 0.276 e. The van der Waals surface area contributed by atoms with Gasteiger partial charge in [-0.05, 0) is 31.4 Å². The van der Waals surface area contributed by atoms with Gasteiger partial charge in [0.25, 0.3) is 5.91 Å². The summed E-state index contributed by atoms with van der Waals surface area (Å²) in [6, 6.07) is 7.55. The molecular weight excluding hydrogens is 302 g/mol. The highest BCUT2D eigenvalue weighted by Gasteiger charge is 2.47. The lowest BCUT2D eigenvalue weighted by molar-refractivity contribution is -0.132. The second-order valence-corrected chi connectivity index (χ2v) is 6.90. The highest BCUT2D eigenvalue weighted by atomic mass is 16.2. The average molecular weight is 329 g/mol. The summed E-state index contributed by atoms with van der Waals surface area (Å²) in [5.41, 5.74) is 3.81. The maximum atomic E-state index is 12.8. The number of nitrogens with zero attached hydrogens (tertiary/aromatic N) is 1. The van der Waals surface area contributed by atoms with E-state index in [2.05, 4.69) is 17.7 Å². The van der Waals surface area contributed by atoms with Crippen molar-refractivity contribution in [1.82, 2.24) is 10.4 Å². The molecule has 1 fully saturated rings. The van der Waals surface area contributed by atoms with E-state index in [0.717, 1.165) is 18.5 Å². The first-order valence-corrected chi connectivity index (χ1v) is 9.17. The van der Waals surface area contributed by atoms with Crippen molar-refractivity contribution in [1.29, 1.82) is 0 Å². The van der Waals surface area contributed by atoms with Crippen LogP contribution >= 0.6 is 0 Å². The van der Waals surface area contributed by atoms with Crippen LogP contribution in [0.1, 0.15) is 75.1 Å². The van der Waals surface area contributed by atoms with Gasteiger partial charge in [-0.2, -0.15) is 0 Å². The lowest BCUT2D eigenvalue weighted by Crippen LogP contribution is -2.68. The Labute approximate surface area is 143 Å². The number of benzene rings is 1. The Morgan fingerprint density at radius 1 is 1.08 bits per heavy atom. The van der Waals surface area contributed by atoms with Crippen molar-refractivity contribution < 1.29 is 9.59 Å². The Balaban J connectivity index is 1.73. The molecule has 1 atom stereocenters. The number of unbranched alkanes of at least 4 members (excludes halogenated alkanes) is 5. The van der Waals surface area contributed by atoms with E-state index in [9.17, 15) is 9.59 Å². The van der Waals surface area contributed by atoms with Crippen molar-refractivity contribution in [3.8, 4) is 0 Å². The lowest BCUT2D eigenvalue weighted by atomic mass is 9.89. The van der Waals surface area contributed by atoms with Crippen molar-refractivity contribution in [2.45, 2.75) is 70.4 Å². The van der Waals surface area contributed by atoms with E-state index in [1.807, 2.05) is 18.2 Å². The molecule has 1 aromatic carbocycles. The molecule has 1 unspecified atom stereocenters. The Hall–Kier alpha value is -2.04. The number of para-hydroxylation sites is 1. The Morgan fingerprint density at radius 3 is 2.67 bits per heavy atom. The third-order valence-corrected chi connectivity index (χ3v) is 5.10. The van der Waals surface area contributed by atoms with Crippen molar-refractivity contribution in [2.24, 2.45) is 0 Å². The zero-order valence-electron chi connectivity index (χ0n) is 14.4. The third kappa shape index (κ3) is 3.25. The van der Waals surface area contributed by atoms with Gasteiger partial charge in [0, 0.05) is 12.1 Å². The summed E-state index contributed by atoms with van der Waals surface area (Å²) >= 11 is 0. The van der Waals surface area contributed by atoms with Crippen LogP contribution in [0.2, 0.25) is 0 Å². The monoisotopic (exact) mass is 329 g/mol. The standard InChI is InChI=1S/C19H27N3O2/c1-2-3-4-5-6-9-13-19-14-12-17(23)21-22(19)18(24)15-10-7-8-11-16(15)20-19/h7-8,10-11,20H,2-6,9,12-14H2,1H3,(H,21,23). The molecule has 130 valence electrons. The number of fused-ring (bicyclic) bond motifs is 2. The van der Waals surface area contributed by atoms with Crippen LogP contribution in [-0.4, -0.2) is 22.5 Å². The number of hydrogen-bond donors (Lipinski definition) is 2. The zero-order valence-corrected chi connectivity index (χ0v) is 14.4. The first-order valence-electron chi connectivity index (χ1n) is 9.17. The Morgan fingerprint density at radius 2 is 1.83 bits per heavy atom. The molecule has 2 aliphatic heterocycles. The van der Waals surface area contributed by atoms with Crippen LogP contribution in [0, 0.1) is 0 Å². The second kappa shape index (κ2) is 7.24. The van der Waals surface area contributed by atoms with Gasteiger partial charge >= 0.3 is 0 Å². The molecular formula is C19H27N3O2. The van der Waals surface area contributed by atoms with Crippen LogP contribution < -0.4 is 10.7 Å². The number of amides is 2. The van der Waals surface area contributed by atoms with Gasteiger partial charge in [0.2, 0.25) is 5.91 Å². The SMILES string of the molecule is CCCCCCCCC12CCC(=O)NN1C(=O)c1ccccc1N2. The van der Waals surface area contributed by atoms with Crippen LogP contribution in [0.25, 0.3) is 0 Å². The summed E-state index contributed by atoms with van der Waals surface area (Å²) < 4.78 is 0. The van der Waals surface area contributed by atoms with Gasteiger partial charge in [-0.3, -0.25) is 15.0 Å². The van der Waals surface area contributed by atoms with Crippen LogP contribution in [0.3, 0.4) is 0 Å². The van der Waals surface area contributed by atoms with E-state index in [-0.39, 0.29) is 11.8 Å². The highest BCUT2D eigenvalue weighted by molar-refractivity contribution is 6.03. The number of rotatable bonds is 7. The summed E-state index contributed by atoms with van der Waals surface area (Å²) in [4.78, 5) is 24.7. The molecule has 1 saturated heterocycles. The number of nitrogens with one attached hydrogen (secondary N) is 2. The van der Waals surface area contributed by atoms with Gasteiger partial charge in [-0.1, -0.05) is 51.2 Å². The molecule has 0 bridgehead atoms. The topological polar surface area (TPSA) is 61.4 Å². The largest absolute Gasteiger partial charge is 0.361 e. The summed E-state index contributed by atoms with van der Waals surface area (Å²) in [5, 5.41) is 5.10. The number of carbonyl (C=O) groups excluding carboxylic acids is 2. The Kier molecular flexibility index (Phi) is 5.07. The minimum Gasteiger partial charge on any atom is -0.361 e. The minimum atomic E-state index is -0.482. The molecule has 0 aromatic heterocycles. The zero-order chi connectivity index (χ0) is 17.0. The van der Waals surface area contributed by atoms with Gasteiger partial charge in [0.15, 0.2) is 0 Å². The van der Waals surface area contributed by atoms with Gasteiger partial charge in [-0.25, -0.2) is 5.01 Å². The van der Waals surface area contributed by atoms with Crippen LogP contribution in [-0.2, 0) is 4.79 Å². The van der Waals surface area contributed by atoms with Gasteiger partial charge in [0.1, 0.15) is 5.66 Å². The molecule has 2 aliphatic rings. The molecule has 0 saturated carbocycles. The highest BCUT2D eigenvalue weighted by Crippen LogP contribution is 2.38. The number of hydrazine groups is 1. The molecule has 0 aliphatic carbocycles. The molecule has 0 spiro atoms. The van der Waals surface area contributed by atoms with Gasteiger partial charge in [-0.15, -0.1) is 0 Å². The van der Waals surface area contributed by atoms with Crippen LogP contribution in [0.15, 0.2) is 24.3 Å². The number of anilines is 1. The van der Waals surface area contributed by atoms with E-state index in [0.29, 0.717) is 18.4 Å². The average Bonchev–Trinajstić information content (AvgIpc) is 2.59. The predicted molar refractivity (Wildman–Crippen MR) is 94.3 cm³/mol. The fourth-order valence-corrected chi connectivity index (χ4v) is 3.73. The molecule has 5 heteroatoms. The summed E-state index contributed by atoms with van der Waals surface area (Å²) in [7, 11) is 0. The summed E-state index contributed by atoms with van der Waals surface area (Å²) in [5.74, 6) is -0.188. The van der Waals surface area contributed by atoms with E-state index >= 15 is 0 Å². The van der Waals surface area contributed by atoms with Crippen LogP contribution in [0.5, 0.6) is 0 Å². The maximum absolute atomic E-state index is 12.8. The molecule has 2 amide bonds. The molecule has 5 nitrogen and oxygen atoms in total. The van der Waals surface area contributed by atoms with Crippen molar-refractivity contribution in [2.75, 3.05) is 5.32 Å². The molecule has 1 aromatic rings. The van der Waals surface area contributed by atoms with E-state index in [4.69, 9.17) is 0 Å². The fraction of sp³-hybridized carbons (Fsp3) is 0.579. The van der Waals surface area contributed by atoms with E-state index in [1.54, 1.807) is 11.1 Å². The fourth-order valence-electron chi connectivity index (χ4n) is 3.73. The molecule has 3 rings (SSSR count). The maximum Gasteiger partial charge on any atom is 0.276 e. The van der Waals surface area contributed by atoms with Crippen molar-refractivity contribution in [3.05, 3.63) is 29.8 Å². The first-order chi connectivity index (χ1) is 11.7. The van der Waals surface area contributed by atoms with E-state index < -0.39 is 5.66 Å². The normalized spacial score (nSPS) is 22.5. The predicted octanol–water partition coefficient (Wildman–Crippen LogP) is 3.83. The van der Waals surface area contributed by atoms with E-state index in [1.165, 1.54) is 32.1 Å². The van der Waals surface area contributed by atoms with Crippen LogP contribution in [0.4, 0.5) is 5.69 Å². The Bertz CT molecular complexity index is 616. The quantitative estimate of drug-likeness (QED) is 0.748. The first kappa shape index (κ1) is 16.8. The molecule has 2 heterocycles. The third-order valence-electron chi connectivity index (χ3n) is 5.10. The number of carbonyl (C=O) groups is 2. The minimum absolute atomic E-state index is 0.0805. The van der Waals surface area contributed by atoms with Gasteiger partial charge in [0.05, 0.1) is 5.56 Å². The second-order valence-electron chi connectivity index (χ2n) is 6.90. The van der Waals surface area contributed by atoms with Gasteiger partial charge < -0.3 is 5.32 Å². The van der Waals surface area contributed by atoms with Crippen molar-refractivity contribution in [3.63, 3.8) is 0 Å². The summed E-state index contributed by atoms with van der Waals surface area (Å²) in [6.07, 6.45) is 9.25. The number of hydrogen-bond acceptors (Lipinski definition) is 3. The molecule has 2 N–H and O–H groups in total. The molecule has 24 heavy (non-hydrogen) atoms. The molecule has 0 radical (unpaired) electrons. The lowest BCUT2D eigenvalue weighted by Gasteiger charge is -2.50. The van der Waals surface area contributed by atoms with Crippen molar-refractivity contribution >= 4 is 17.5 Å².